The van der Waals surface area contributed by atoms with Gasteiger partial charge in [0.25, 0.3) is 0 Å². The third-order valence-electron chi connectivity index (χ3n) is 2.44. The molecule has 1 aliphatic rings. The topological polar surface area (TPSA) is 103 Å². The number of rotatable bonds is 3. The Hall–Kier alpha value is -1.63. The van der Waals surface area contributed by atoms with Crippen LogP contribution in [0.3, 0.4) is 0 Å². The van der Waals surface area contributed by atoms with Crippen molar-refractivity contribution in [1.82, 2.24) is 15.5 Å². The van der Waals surface area contributed by atoms with Gasteiger partial charge in [-0.3, -0.25) is 0 Å². The smallest absolute Gasteiger partial charge is 0.312 e. The van der Waals surface area contributed by atoms with E-state index < -0.39 is 6.03 Å². The van der Waals surface area contributed by atoms with Crippen molar-refractivity contribution in [3.63, 3.8) is 0 Å². The summed E-state index contributed by atoms with van der Waals surface area (Å²) in [7, 11) is 0. The molecular formula is C9H14N4O3. The number of nitrogens with zero attached hydrogens (tertiary/aromatic N) is 2. The van der Waals surface area contributed by atoms with Gasteiger partial charge in [0.2, 0.25) is 11.7 Å². The lowest BCUT2D eigenvalue weighted by Crippen LogP contribution is -2.35. The van der Waals surface area contributed by atoms with E-state index in [0.717, 1.165) is 12.8 Å². The van der Waals surface area contributed by atoms with Crippen LogP contribution in [0.2, 0.25) is 0 Å². The molecule has 7 heteroatoms. The van der Waals surface area contributed by atoms with Gasteiger partial charge in [0.1, 0.15) is 6.10 Å². The molecule has 3 N–H and O–H groups in total. The monoisotopic (exact) mass is 226 g/mol. The summed E-state index contributed by atoms with van der Waals surface area (Å²) in [5.41, 5.74) is 4.97. The Morgan fingerprint density at radius 1 is 1.62 bits per heavy atom. The molecule has 1 aliphatic heterocycles. The first kappa shape index (κ1) is 10.9. The second-order valence-corrected chi connectivity index (χ2v) is 3.74. The van der Waals surface area contributed by atoms with Gasteiger partial charge < -0.3 is 20.3 Å². The van der Waals surface area contributed by atoms with Gasteiger partial charge in [-0.05, 0) is 12.8 Å². The number of hydrogen-bond acceptors (Lipinski definition) is 5. The molecule has 1 aromatic heterocycles. The van der Waals surface area contributed by atoms with Crippen molar-refractivity contribution in [1.29, 1.82) is 0 Å². The lowest BCUT2D eigenvalue weighted by Gasteiger charge is -2.11. The average molecular weight is 226 g/mol. The summed E-state index contributed by atoms with van der Waals surface area (Å²) in [4.78, 5) is 14.6. The minimum absolute atomic E-state index is 0.0312. The van der Waals surface area contributed by atoms with Crippen LogP contribution >= 0.6 is 0 Å². The fourth-order valence-electron chi connectivity index (χ4n) is 1.71. The van der Waals surface area contributed by atoms with Crippen molar-refractivity contribution >= 4 is 6.03 Å². The number of carbonyl (C=O) groups excluding carboxylic acids is 1. The molecule has 2 amide bonds. The van der Waals surface area contributed by atoms with Crippen LogP contribution in [0.15, 0.2) is 4.52 Å². The Morgan fingerprint density at radius 3 is 3.06 bits per heavy atom. The minimum atomic E-state index is -0.539. The fourth-order valence-corrected chi connectivity index (χ4v) is 1.71. The molecule has 1 fully saturated rings. The molecule has 2 rings (SSSR count). The third kappa shape index (κ3) is 2.48. The number of aryl methyl sites for hydroxylation is 1. The molecule has 0 aliphatic carbocycles. The van der Waals surface area contributed by atoms with Gasteiger partial charge in [0.05, 0.1) is 6.10 Å². The number of ether oxygens (including phenoxy) is 1. The Kier molecular flexibility index (Phi) is 3.04. The molecule has 0 aromatic carbocycles. The highest BCUT2D eigenvalue weighted by Crippen LogP contribution is 2.30. The maximum Gasteiger partial charge on any atom is 0.312 e. The normalized spacial score (nSPS) is 24.6. The number of nitrogens with two attached hydrogens (primary N) is 1. The number of primary amides is 1. The second-order valence-electron chi connectivity index (χ2n) is 3.74. The first-order valence-corrected chi connectivity index (χ1v) is 5.14. The van der Waals surface area contributed by atoms with E-state index in [1.165, 1.54) is 0 Å². The van der Waals surface area contributed by atoms with Gasteiger partial charge >= 0.3 is 6.03 Å². The molecule has 1 saturated heterocycles. The molecule has 88 valence electrons. The number of nitrogens with one attached hydrogen (secondary N) is 1. The van der Waals surface area contributed by atoms with Crippen LogP contribution in [0.1, 0.15) is 30.7 Å². The summed E-state index contributed by atoms with van der Waals surface area (Å²) in [6, 6.07) is -0.539. The van der Waals surface area contributed by atoms with Gasteiger partial charge in [-0.1, -0.05) is 5.16 Å². The molecule has 16 heavy (non-hydrogen) atoms. The molecule has 0 saturated carbocycles. The number of carbonyl (C=O) groups is 1. The van der Waals surface area contributed by atoms with E-state index in [1.54, 1.807) is 6.92 Å². The molecule has 7 nitrogen and oxygen atoms in total. The highest BCUT2D eigenvalue weighted by atomic mass is 16.5. The highest BCUT2D eigenvalue weighted by Gasteiger charge is 2.29. The number of amides is 2. The fraction of sp³-hybridized carbons (Fsp3) is 0.667. The molecular weight excluding hydrogens is 212 g/mol. The summed E-state index contributed by atoms with van der Waals surface area (Å²) >= 11 is 0. The Bertz CT molecular complexity index is 379. The highest BCUT2D eigenvalue weighted by molar-refractivity contribution is 5.71. The first-order valence-electron chi connectivity index (χ1n) is 5.14. The largest absolute Gasteiger partial charge is 0.365 e. The van der Waals surface area contributed by atoms with E-state index >= 15 is 0 Å². The zero-order chi connectivity index (χ0) is 11.5. The first-order chi connectivity index (χ1) is 7.65. The molecule has 0 bridgehead atoms. The summed E-state index contributed by atoms with van der Waals surface area (Å²) in [5, 5.41) is 6.32. The van der Waals surface area contributed by atoms with E-state index in [0.29, 0.717) is 18.3 Å². The van der Waals surface area contributed by atoms with Gasteiger partial charge in [-0.25, -0.2) is 4.79 Å². The quantitative estimate of drug-likeness (QED) is 0.769. The van der Waals surface area contributed by atoms with Gasteiger partial charge in [-0.15, -0.1) is 0 Å². The minimum Gasteiger partial charge on any atom is -0.365 e. The Labute approximate surface area is 92.3 Å². The van der Waals surface area contributed by atoms with Crippen molar-refractivity contribution in [2.75, 3.05) is 6.54 Å². The predicted molar refractivity (Wildman–Crippen MR) is 53.5 cm³/mol. The van der Waals surface area contributed by atoms with Crippen LogP contribution < -0.4 is 11.1 Å². The van der Waals surface area contributed by atoms with Crippen LogP contribution in [-0.4, -0.2) is 28.8 Å². The third-order valence-corrected chi connectivity index (χ3v) is 2.44. The van der Waals surface area contributed by atoms with E-state index in [2.05, 4.69) is 15.5 Å². The average Bonchev–Trinajstić information content (AvgIpc) is 2.83. The van der Waals surface area contributed by atoms with Crippen molar-refractivity contribution in [3.05, 3.63) is 11.7 Å². The second kappa shape index (κ2) is 4.48. The zero-order valence-corrected chi connectivity index (χ0v) is 8.97. The number of urea groups is 1. The SMILES string of the molecule is Cc1nc(C2CCC(CNC(N)=O)O2)no1. The molecule has 1 aromatic rings. The van der Waals surface area contributed by atoms with Crippen molar-refractivity contribution in [2.24, 2.45) is 5.73 Å². The zero-order valence-electron chi connectivity index (χ0n) is 8.97. The Morgan fingerprint density at radius 2 is 2.44 bits per heavy atom. The predicted octanol–water partition coefficient (Wildman–Crippen LogP) is 0.266. The summed E-state index contributed by atoms with van der Waals surface area (Å²) in [6.07, 6.45) is 1.50. The van der Waals surface area contributed by atoms with Gasteiger partial charge in [0, 0.05) is 13.5 Å². The van der Waals surface area contributed by atoms with E-state index in [-0.39, 0.29) is 12.2 Å². The van der Waals surface area contributed by atoms with E-state index in [1.807, 2.05) is 0 Å². The van der Waals surface area contributed by atoms with Crippen LogP contribution in [0.5, 0.6) is 0 Å². The van der Waals surface area contributed by atoms with E-state index in [4.69, 9.17) is 15.0 Å². The van der Waals surface area contributed by atoms with Crippen LogP contribution in [0, 0.1) is 6.92 Å². The van der Waals surface area contributed by atoms with Crippen LogP contribution in [0.25, 0.3) is 0 Å². The van der Waals surface area contributed by atoms with E-state index in [9.17, 15) is 4.79 Å². The lowest BCUT2D eigenvalue weighted by atomic mass is 10.2. The number of aromatic nitrogens is 2. The summed E-state index contributed by atoms with van der Waals surface area (Å²) in [5.74, 6) is 1.09. The maximum atomic E-state index is 10.5. The molecule has 2 unspecified atom stereocenters. The molecule has 2 atom stereocenters. The summed E-state index contributed by atoms with van der Waals surface area (Å²) in [6.45, 7) is 2.15. The molecule has 0 radical (unpaired) electrons. The van der Waals surface area contributed by atoms with Crippen LogP contribution in [-0.2, 0) is 4.74 Å². The summed E-state index contributed by atoms with van der Waals surface area (Å²) < 4.78 is 10.5. The standard InChI is InChI=1S/C9H14N4O3/c1-5-12-8(13-16-5)7-3-2-6(15-7)4-11-9(10)14/h6-7H,2-4H2,1H3,(H3,10,11,14). The number of hydrogen-bond donors (Lipinski definition) is 2. The van der Waals surface area contributed by atoms with Crippen molar-refractivity contribution in [2.45, 2.75) is 32.0 Å². The van der Waals surface area contributed by atoms with Crippen molar-refractivity contribution < 1.29 is 14.1 Å². The molecule has 2 heterocycles. The molecule has 0 spiro atoms. The Balaban J connectivity index is 1.86. The van der Waals surface area contributed by atoms with Crippen molar-refractivity contribution in [3.8, 4) is 0 Å². The van der Waals surface area contributed by atoms with Crippen LogP contribution in [0.4, 0.5) is 4.79 Å². The van der Waals surface area contributed by atoms with Gasteiger partial charge in [0.15, 0.2) is 0 Å². The maximum absolute atomic E-state index is 10.5. The van der Waals surface area contributed by atoms with Gasteiger partial charge in [-0.2, -0.15) is 4.98 Å². The lowest BCUT2D eigenvalue weighted by molar-refractivity contribution is 0.0402.